The number of ether oxygens (including phenoxy) is 2. The SMILES string of the molecule is CCC/C=C\C/C=C\CCCCCCCC(=O)OC(COC(=O)CCCCCCCCC/C=C\CCCCCCCC)COP(=O)(O)OCCN. The van der Waals surface area contributed by atoms with E-state index >= 15 is 0 Å². The number of phosphoric ester groups is 1. The third kappa shape index (κ3) is 37.8. The molecule has 298 valence electrons. The highest BCUT2D eigenvalue weighted by Gasteiger charge is 2.26. The lowest BCUT2D eigenvalue weighted by molar-refractivity contribution is -0.161. The fourth-order valence-electron chi connectivity index (χ4n) is 5.43. The standard InChI is InChI=1S/C41H76NO8P/c1-3-5-7-9-11-13-15-17-18-19-20-22-23-25-27-29-31-33-40(43)47-37-39(38-49-51(45,46)48-36-35-42)50-41(44)34-32-30-28-26-24-21-16-14-12-10-8-6-4-2/h8,10,14,16-18,39H,3-7,9,11-13,15,19-38,42H2,1-2H3,(H,45,46)/b10-8-,16-14-,18-17-. The zero-order chi connectivity index (χ0) is 37.5. The van der Waals surface area contributed by atoms with Crippen molar-refractivity contribution in [1.29, 1.82) is 0 Å². The number of carbonyl (C=O) groups is 2. The molecule has 51 heavy (non-hydrogen) atoms. The molecule has 0 saturated carbocycles. The molecular weight excluding hydrogens is 665 g/mol. The Morgan fingerprint density at radius 1 is 0.588 bits per heavy atom. The summed E-state index contributed by atoms with van der Waals surface area (Å²) in [5.74, 6) is -0.850. The number of hydrogen-bond acceptors (Lipinski definition) is 8. The molecule has 0 amide bonds. The predicted molar refractivity (Wildman–Crippen MR) is 210 cm³/mol. The van der Waals surface area contributed by atoms with E-state index in [1.54, 1.807) is 0 Å². The summed E-state index contributed by atoms with van der Waals surface area (Å²) >= 11 is 0. The van der Waals surface area contributed by atoms with Gasteiger partial charge < -0.3 is 20.1 Å². The van der Waals surface area contributed by atoms with E-state index in [0.717, 1.165) is 77.0 Å². The van der Waals surface area contributed by atoms with E-state index in [1.807, 2.05) is 0 Å². The number of esters is 2. The van der Waals surface area contributed by atoms with E-state index in [4.69, 9.17) is 24.3 Å². The van der Waals surface area contributed by atoms with E-state index in [1.165, 1.54) is 70.6 Å². The first-order valence-electron chi connectivity index (χ1n) is 20.5. The Morgan fingerprint density at radius 3 is 1.59 bits per heavy atom. The summed E-state index contributed by atoms with van der Waals surface area (Å²) in [4.78, 5) is 34.8. The highest BCUT2D eigenvalue weighted by molar-refractivity contribution is 7.47. The van der Waals surface area contributed by atoms with Gasteiger partial charge in [0.05, 0.1) is 13.2 Å². The Hall–Kier alpha value is -1.77. The lowest BCUT2D eigenvalue weighted by atomic mass is 10.1. The smallest absolute Gasteiger partial charge is 0.462 e. The molecule has 0 aromatic carbocycles. The second kappa shape index (κ2) is 38.0. The van der Waals surface area contributed by atoms with Crippen LogP contribution >= 0.6 is 7.82 Å². The van der Waals surface area contributed by atoms with Crippen molar-refractivity contribution >= 4 is 19.8 Å². The van der Waals surface area contributed by atoms with E-state index < -0.39 is 32.5 Å². The molecule has 0 aliphatic rings. The molecule has 0 radical (unpaired) electrons. The molecule has 10 heteroatoms. The molecule has 2 atom stereocenters. The third-order valence-electron chi connectivity index (χ3n) is 8.48. The third-order valence-corrected chi connectivity index (χ3v) is 9.46. The number of allylic oxidation sites excluding steroid dienone is 6. The lowest BCUT2D eigenvalue weighted by Gasteiger charge is -2.19. The van der Waals surface area contributed by atoms with Crippen LogP contribution in [0.5, 0.6) is 0 Å². The van der Waals surface area contributed by atoms with Crippen LogP contribution in [-0.4, -0.2) is 49.3 Å². The van der Waals surface area contributed by atoms with Gasteiger partial charge in [0.25, 0.3) is 0 Å². The van der Waals surface area contributed by atoms with Crippen LogP contribution in [0.25, 0.3) is 0 Å². The monoisotopic (exact) mass is 742 g/mol. The van der Waals surface area contributed by atoms with Crippen molar-refractivity contribution in [2.45, 2.75) is 187 Å². The van der Waals surface area contributed by atoms with Gasteiger partial charge in [-0.1, -0.05) is 140 Å². The molecule has 0 aromatic heterocycles. The maximum Gasteiger partial charge on any atom is 0.472 e. The molecule has 2 unspecified atom stereocenters. The average molecular weight is 742 g/mol. The molecule has 0 fully saturated rings. The van der Waals surface area contributed by atoms with Crippen molar-refractivity contribution in [1.82, 2.24) is 0 Å². The average Bonchev–Trinajstić information content (AvgIpc) is 3.11. The van der Waals surface area contributed by atoms with Crippen molar-refractivity contribution in [3.05, 3.63) is 36.5 Å². The van der Waals surface area contributed by atoms with Crippen LogP contribution in [-0.2, 0) is 32.7 Å². The number of rotatable bonds is 38. The number of unbranched alkanes of at least 4 members (excludes halogenated alkanes) is 19. The first-order valence-corrected chi connectivity index (χ1v) is 22.0. The van der Waals surface area contributed by atoms with Gasteiger partial charge in [0.2, 0.25) is 0 Å². The van der Waals surface area contributed by atoms with Crippen LogP contribution in [0, 0.1) is 0 Å². The summed E-state index contributed by atoms with van der Waals surface area (Å²) < 4.78 is 32.7. The number of carbonyl (C=O) groups excluding carboxylic acids is 2. The maximum atomic E-state index is 12.5. The largest absolute Gasteiger partial charge is 0.472 e. The second-order valence-corrected chi connectivity index (χ2v) is 14.9. The predicted octanol–water partition coefficient (Wildman–Crippen LogP) is 11.4. The quantitative estimate of drug-likeness (QED) is 0.0274. The van der Waals surface area contributed by atoms with Crippen LogP contribution in [0.15, 0.2) is 36.5 Å². The van der Waals surface area contributed by atoms with Crippen molar-refractivity contribution < 1.29 is 37.6 Å². The second-order valence-electron chi connectivity index (χ2n) is 13.5. The summed E-state index contributed by atoms with van der Waals surface area (Å²) in [5.41, 5.74) is 5.34. The van der Waals surface area contributed by atoms with Gasteiger partial charge in [-0.15, -0.1) is 0 Å². The van der Waals surface area contributed by atoms with Crippen molar-refractivity contribution in [2.75, 3.05) is 26.4 Å². The topological polar surface area (TPSA) is 134 Å². The number of hydrogen-bond donors (Lipinski definition) is 2. The minimum absolute atomic E-state index is 0.0500. The summed E-state index contributed by atoms with van der Waals surface area (Å²) in [6.45, 7) is 3.64. The lowest BCUT2D eigenvalue weighted by Crippen LogP contribution is -2.29. The minimum atomic E-state index is -4.38. The molecule has 0 spiro atoms. The minimum Gasteiger partial charge on any atom is -0.462 e. The molecule has 0 rings (SSSR count). The highest BCUT2D eigenvalue weighted by atomic mass is 31.2. The Morgan fingerprint density at radius 2 is 1.06 bits per heavy atom. The molecule has 0 heterocycles. The Labute approximate surface area is 312 Å². The summed E-state index contributed by atoms with van der Waals surface area (Å²) in [6.07, 6.45) is 40.3. The van der Waals surface area contributed by atoms with Gasteiger partial charge >= 0.3 is 19.8 Å². The van der Waals surface area contributed by atoms with Gasteiger partial charge in [0, 0.05) is 19.4 Å². The van der Waals surface area contributed by atoms with Gasteiger partial charge in [0.15, 0.2) is 6.10 Å². The van der Waals surface area contributed by atoms with Crippen LogP contribution in [0.1, 0.15) is 181 Å². The zero-order valence-corrected chi connectivity index (χ0v) is 33.5. The summed E-state index contributed by atoms with van der Waals surface area (Å²) in [5, 5.41) is 0. The molecule has 0 aromatic rings. The normalized spacial score (nSPS) is 13.7. The van der Waals surface area contributed by atoms with Gasteiger partial charge in [-0.2, -0.15) is 0 Å². The molecule has 3 N–H and O–H groups in total. The Kier molecular flexibility index (Phi) is 36.7. The van der Waals surface area contributed by atoms with Crippen LogP contribution in [0.2, 0.25) is 0 Å². The van der Waals surface area contributed by atoms with E-state index in [0.29, 0.717) is 6.42 Å². The van der Waals surface area contributed by atoms with Crippen LogP contribution in [0.3, 0.4) is 0 Å². The summed E-state index contributed by atoms with van der Waals surface area (Å²) in [7, 11) is -4.38. The number of nitrogens with two attached hydrogens (primary N) is 1. The van der Waals surface area contributed by atoms with Crippen LogP contribution < -0.4 is 5.73 Å². The molecule has 0 aliphatic carbocycles. The molecule has 0 saturated heterocycles. The number of phosphoric acid groups is 1. The molecule has 0 bridgehead atoms. The fraction of sp³-hybridized carbons (Fsp3) is 0.805. The molecule has 0 aliphatic heterocycles. The Balaban J connectivity index is 4.18. The van der Waals surface area contributed by atoms with Crippen molar-refractivity contribution in [3.8, 4) is 0 Å². The van der Waals surface area contributed by atoms with Crippen molar-refractivity contribution in [3.63, 3.8) is 0 Å². The van der Waals surface area contributed by atoms with Crippen LogP contribution in [0.4, 0.5) is 0 Å². The first kappa shape index (κ1) is 49.2. The van der Waals surface area contributed by atoms with Crippen molar-refractivity contribution in [2.24, 2.45) is 5.73 Å². The van der Waals surface area contributed by atoms with E-state index in [-0.39, 0.29) is 32.6 Å². The fourth-order valence-corrected chi connectivity index (χ4v) is 6.20. The van der Waals surface area contributed by atoms with E-state index in [9.17, 15) is 19.0 Å². The highest BCUT2D eigenvalue weighted by Crippen LogP contribution is 2.43. The zero-order valence-electron chi connectivity index (χ0n) is 32.6. The van der Waals surface area contributed by atoms with E-state index in [2.05, 4.69) is 50.3 Å². The van der Waals surface area contributed by atoms with Gasteiger partial charge in [-0.05, 0) is 64.2 Å². The molecule has 9 nitrogen and oxygen atoms in total. The maximum absolute atomic E-state index is 12.5. The Bertz CT molecular complexity index is 939. The van der Waals surface area contributed by atoms with Gasteiger partial charge in [0.1, 0.15) is 6.61 Å². The molecular formula is C41H76NO8P. The summed E-state index contributed by atoms with van der Waals surface area (Å²) in [6, 6.07) is 0. The van der Waals surface area contributed by atoms with Gasteiger partial charge in [-0.25, -0.2) is 4.57 Å². The first-order chi connectivity index (χ1) is 24.8. The van der Waals surface area contributed by atoms with Gasteiger partial charge in [-0.3, -0.25) is 18.6 Å².